The summed E-state index contributed by atoms with van der Waals surface area (Å²) in [6.07, 6.45) is 1.54. The second-order valence-electron chi connectivity index (χ2n) is 4.48. The molecule has 1 saturated heterocycles. The Morgan fingerprint density at radius 2 is 2.16 bits per heavy atom. The lowest BCUT2D eigenvalue weighted by atomic mass is 10.2. The average Bonchev–Trinajstić information content (AvgIpc) is 2.81. The van der Waals surface area contributed by atoms with Crippen LogP contribution in [0.3, 0.4) is 0 Å². The molecule has 19 heavy (non-hydrogen) atoms. The molecule has 6 N–H and O–H groups in total. The lowest BCUT2D eigenvalue weighted by Crippen LogP contribution is -2.45. The maximum Gasteiger partial charge on any atom is 0.352 e. The minimum Gasteiger partial charge on any atom is -0.478 e. The van der Waals surface area contributed by atoms with Gasteiger partial charge in [0.15, 0.2) is 0 Å². The van der Waals surface area contributed by atoms with Crippen molar-refractivity contribution < 1.29 is 24.5 Å². The standard InChI is InChI=1S/C10H18N3O5P/c1-6(11)19(17,18)8(10(15)16)5-13-9(14)7-3-2-4-12-7/h7-8,11-12,17-18H,2-5H2,1H3,(H-,13,14,15,16)/p+1/t7-,8?/m1/s1. The zero-order chi connectivity index (χ0) is 14.6. The van der Waals surface area contributed by atoms with Crippen molar-refractivity contribution in [3.63, 3.8) is 0 Å². The van der Waals surface area contributed by atoms with Crippen molar-refractivity contribution >= 4 is 25.0 Å². The molecule has 0 aliphatic carbocycles. The van der Waals surface area contributed by atoms with Crippen LogP contribution in [0.25, 0.3) is 0 Å². The average molecular weight is 292 g/mol. The SMILES string of the molecule is CC(=N)[P+](O)(O)C(CNC(=O)[C@H]1CCCN1)C(=O)O. The highest BCUT2D eigenvalue weighted by Crippen LogP contribution is 2.55. The first kappa shape index (κ1) is 16.0. The van der Waals surface area contributed by atoms with Gasteiger partial charge in [-0.1, -0.05) is 0 Å². The smallest absolute Gasteiger partial charge is 0.352 e. The van der Waals surface area contributed by atoms with Crippen LogP contribution in [-0.2, 0) is 9.59 Å². The van der Waals surface area contributed by atoms with Gasteiger partial charge in [0.1, 0.15) is 0 Å². The molecule has 108 valence electrons. The molecule has 0 saturated carbocycles. The zero-order valence-electron chi connectivity index (χ0n) is 10.6. The van der Waals surface area contributed by atoms with Crippen molar-refractivity contribution in [2.24, 2.45) is 0 Å². The number of nitrogens with one attached hydrogen (secondary N) is 3. The van der Waals surface area contributed by atoms with E-state index in [1.807, 2.05) is 0 Å². The highest BCUT2D eigenvalue weighted by atomic mass is 31.2. The predicted molar refractivity (Wildman–Crippen MR) is 70.2 cm³/mol. The monoisotopic (exact) mass is 292 g/mol. The van der Waals surface area contributed by atoms with Crippen molar-refractivity contribution in [3.8, 4) is 0 Å². The Hall–Kier alpha value is -1.08. The third kappa shape index (κ3) is 3.94. The van der Waals surface area contributed by atoms with Gasteiger partial charge >= 0.3 is 13.7 Å². The number of carbonyl (C=O) groups excluding carboxylic acids is 1. The fourth-order valence-electron chi connectivity index (χ4n) is 1.83. The van der Waals surface area contributed by atoms with Crippen LogP contribution in [0.1, 0.15) is 19.8 Å². The summed E-state index contributed by atoms with van der Waals surface area (Å²) in [4.78, 5) is 42.1. The molecule has 0 spiro atoms. The summed E-state index contributed by atoms with van der Waals surface area (Å²) in [5.41, 5.74) is -2.05. The third-order valence-electron chi connectivity index (χ3n) is 3.06. The summed E-state index contributed by atoms with van der Waals surface area (Å²) in [6, 6.07) is -0.361. The molecular weight excluding hydrogens is 273 g/mol. The quantitative estimate of drug-likeness (QED) is 0.278. The van der Waals surface area contributed by atoms with E-state index in [0.29, 0.717) is 6.42 Å². The zero-order valence-corrected chi connectivity index (χ0v) is 11.5. The van der Waals surface area contributed by atoms with Crippen LogP contribution in [0.4, 0.5) is 0 Å². The Balaban J connectivity index is 2.62. The molecule has 8 nitrogen and oxygen atoms in total. The van der Waals surface area contributed by atoms with Crippen molar-refractivity contribution in [1.82, 2.24) is 10.6 Å². The molecule has 1 unspecified atom stereocenters. The van der Waals surface area contributed by atoms with Crippen molar-refractivity contribution in [2.45, 2.75) is 31.5 Å². The maximum atomic E-state index is 11.7. The van der Waals surface area contributed by atoms with Crippen molar-refractivity contribution in [2.75, 3.05) is 13.1 Å². The van der Waals surface area contributed by atoms with Crippen LogP contribution in [0.15, 0.2) is 0 Å². The van der Waals surface area contributed by atoms with Gasteiger partial charge in [0.25, 0.3) is 0 Å². The molecule has 1 heterocycles. The number of amides is 1. The normalized spacial score (nSPS) is 20.9. The third-order valence-corrected chi connectivity index (χ3v) is 5.32. The molecule has 0 aromatic carbocycles. The number of carbonyl (C=O) groups is 2. The first-order valence-electron chi connectivity index (χ1n) is 5.90. The van der Waals surface area contributed by atoms with Gasteiger partial charge in [-0.2, -0.15) is 0 Å². The summed E-state index contributed by atoms with van der Waals surface area (Å²) >= 11 is 0. The van der Waals surface area contributed by atoms with E-state index in [4.69, 9.17) is 10.5 Å². The van der Waals surface area contributed by atoms with Gasteiger partial charge < -0.3 is 15.7 Å². The number of carboxylic acids is 1. The first-order valence-corrected chi connectivity index (χ1v) is 7.67. The lowest BCUT2D eigenvalue weighted by Gasteiger charge is -2.19. The van der Waals surface area contributed by atoms with Crippen molar-refractivity contribution in [1.29, 1.82) is 5.41 Å². The predicted octanol–water partition coefficient (Wildman–Crippen LogP) is -0.863. The molecule has 0 aromatic heterocycles. The molecule has 0 bridgehead atoms. The molecular formula is C10H19N3O5P+. The first-order chi connectivity index (χ1) is 8.76. The van der Waals surface area contributed by atoms with Crippen LogP contribution in [0.5, 0.6) is 0 Å². The van der Waals surface area contributed by atoms with Crippen LogP contribution >= 0.6 is 7.72 Å². The van der Waals surface area contributed by atoms with Crippen LogP contribution in [-0.4, -0.2) is 57.0 Å². The Bertz CT molecular complexity index is 381. The van der Waals surface area contributed by atoms with Crippen LogP contribution < -0.4 is 10.6 Å². The summed E-state index contributed by atoms with van der Waals surface area (Å²) in [7, 11) is -4.02. The highest BCUT2D eigenvalue weighted by molar-refractivity contribution is 7.82. The summed E-state index contributed by atoms with van der Waals surface area (Å²) in [6.45, 7) is 1.48. The second-order valence-corrected chi connectivity index (χ2v) is 7.08. The Kier molecular flexibility index (Phi) is 5.37. The summed E-state index contributed by atoms with van der Waals surface area (Å²) in [5, 5.41) is 21.6. The molecule has 0 aromatic rings. The highest BCUT2D eigenvalue weighted by Gasteiger charge is 2.52. The van der Waals surface area contributed by atoms with E-state index in [1.165, 1.54) is 0 Å². The van der Waals surface area contributed by atoms with Gasteiger partial charge in [-0.05, 0) is 19.4 Å². The number of hydrogen-bond donors (Lipinski definition) is 6. The van der Waals surface area contributed by atoms with E-state index in [0.717, 1.165) is 19.9 Å². The number of hydrogen-bond acceptors (Lipinski definition) is 6. The lowest BCUT2D eigenvalue weighted by molar-refractivity contribution is -0.136. The van der Waals surface area contributed by atoms with Gasteiger partial charge in [-0.25, -0.2) is 14.6 Å². The molecule has 1 rings (SSSR count). The minimum absolute atomic E-state index is 0.355. The fraction of sp³-hybridized carbons (Fsp3) is 0.700. The molecule has 1 amide bonds. The molecule has 1 aliphatic heterocycles. The molecule has 0 radical (unpaired) electrons. The van der Waals surface area contributed by atoms with Gasteiger partial charge in [0.05, 0.1) is 12.6 Å². The van der Waals surface area contributed by atoms with Gasteiger partial charge in [-0.15, -0.1) is 0 Å². The van der Waals surface area contributed by atoms with E-state index in [1.54, 1.807) is 0 Å². The molecule has 1 aliphatic rings. The van der Waals surface area contributed by atoms with Gasteiger partial charge in [-0.3, -0.25) is 10.2 Å². The number of rotatable bonds is 6. The molecule has 9 heteroatoms. The Morgan fingerprint density at radius 1 is 1.53 bits per heavy atom. The van der Waals surface area contributed by atoms with E-state index >= 15 is 0 Å². The summed E-state index contributed by atoms with van der Waals surface area (Å²) < 4.78 is 0. The molecule has 1 fully saturated rings. The maximum absolute atomic E-state index is 11.7. The Labute approximate surface area is 111 Å². The minimum atomic E-state index is -4.02. The van der Waals surface area contributed by atoms with Crippen LogP contribution in [0, 0.1) is 5.41 Å². The van der Waals surface area contributed by atoms with Gasteiger partial charge in [0.2, 0.25) is 17.0 Å². The van der Waals surface area contributed by atoms with E-state index in [-0.39, 0.29) is 11.9 Å². The van der Waals surface area contributed by atoms with Crippen LogP contribution in [0.2, 0.25) is 0 Å². The number of aliphatic carboxylic acids is 1. The van der Waals surface area contributed by atoms with E-state index in [2.05, 4.69) is 10.6 Å². The van der Waals surface area contributed by atoms with E-state index in [9.17, 15) is 19.4 Å². The molecule has 2 atom stereocenters. The number of carboxylic acid groups (broad SMARTS) is 1. The largest absolute Gasteiger partial charge is 0.478 e. The Morgan fingerprint density at radius 3 is 2.58 bits per heavy atom. The van der Waals surface area contributed by atoms with Gasteiger partial charge in [0, 0.05) is 6.92 Å². The van der Waals surface area contributed by atoms with Crippen molar-refractivity contribution in [3.05, 3.63) is 0 Å². The fourth-order valence-corrected chi connectivity index (χ4v) is 2.95. The second kappa shape index (κ2) is 6.38. The topological polar surface area (TPSA) is 143 Å². The summed E-state index contributed by atoms with van der Waals surface area (Å²) in [5.74, 6) is -1.80. The van der Waals surface area contributed by atoms with E-state index < -0.39 is 31.3 Å².